The predicted octanol–water partition coefficient (Wildman–Crippen LogP) is 1.81. The van der Waals surface area contributed by atoms with Crippen LogP contribution in [0.4, 0.5) is 5.69 Å². The lowest BCUT2D eigenvalue weighted by Crippen LogP contribution is -2.07. The highest BCUT2D eigenvalue weighted by Crippen LogP contribution is 2.34. The highest BCUT2D eigenvalue weighted by molar-refractivity contribution is 5.68. The Balaban J connectivity index is 3.09. The van der Waals surface area contributed by atoms with Gasteiger partial charge in [-0.05, 0) is 0 Å². The first-order valence-corrected chi connectivity index (χ1v) is 6.06. The molecular weight excluding hydrogens is 258 g/mol. The smallest absolute Gasteiger partial charge is 0.163 e. The van der Waals surface area contributed by atoms with Gasteiger partial charge in [-0.25, -0.2) is 4.99 Å². The molecule has 0 fully saturated rings. The molecule has 0 aliphatic heterocycles. The van der Waals surface area contributed by atoms with Crippen LogP contribution < -0.4 is 9.47 Å². The zero-order chi connectivity index (χ0) is 15.0. The topological polar surface area (TPSA) is 67.1 Å². The number of nitrogens with zero attached hydrogens (tertiary/aromatic N) is 3. The maximum atomic E-state index is 9.15. The highest BCUT2D eigenvalue weighted by atomic mass is 16.5. The number of methoxy groups -OCH3 is 2. The quantitative estimate of drug-likeness (QED) is 0.432. The first-order chi connectivity index (χ1) is 9.62. The van der Waals surface area contributed by atoms with Crippen molar-refractivity contribution in [3.63, 3.8) is 0 Å². The normalized spacial score (nSPS) is 10.3. The number of rotatable bonds is 7. The molecule has 0 saturated heterocycles. The summed E-state index contributed by atoms with van der Waals surface area (Å²) >= 11 is 0. The predicted molar refractivity (Wildman–Crippen MR) is 76.9 cm³/mol. The highest BCUT2D eigenvalue weighted by Gasteiger charge is 2.11. The van der Waals surface area contributed by atoms with Crippen LogP contribution >= 0.6 is 0 Å². The number of nitriles is 1. The van der Waals surface area contributed by atoms with E-state index in [1.165, 1.54) is 7.11 Å². The molecule has 1 aromatic rings. The Bertz CT molecular complexity index is 507. The summed E-state index contributed by atoms with van der Waals surface area (Å²) in [6.07, 6.45) is 1.63. The molecule has 0 amide bonds. The van der Waals surface area contributed by atoms with Gasteiger partial charge in [-0.3, -0.25) is 0 Å². The van der Waals surface area contributed by atoms with Crippen LogP contribution in [-0.4, -0.2) is 52.8 Å². The average Bonchev–Trinajstić information content (AvgIpc) is 2.45. The molecule has 20 heavy (non-hydrogen) atoms. The Hall–Kier alpha value is -2.26. The van der Waals surface area contributed by atoms with Gasteiger partial charge in [-0.1, -0.05) is 0 Å². The van der Waals surface area contributed by atoms with E-state index in [9.17, 15) is 0 Å². The molecule has 0 unspecified atom stereocenters. The zero-order valence-electron chi connectivity index (χ0n) is 12.2. The average molecular weight is 277 g/mol. The summed E-state index contributed by atoms with van der Waals surface area (Å²) in [7, 11) is 6.85. The molecule has 0 aliphatic rings. The third-order valence-electron chi connectivity index (χ3n) is 2.38. The van der Waals surface area contributed by atoms with Crippen LogP contribution in [-0.2, 0) is 4.74 Å². The SMILES string of the molecule is COCCOc1cc(N=CN(C)C)c(C#N)cc1OC. The van der Waals surface area contributed by atoms with E-state index in [2.05, 4.69) is 11.1 Å². The number of ether oxygens (including phenoxy) is 3. The molecule has 0 radical (unpaired) electrons. The van der Waals surface area contributed by atoms with Crippen LogP contribution in [0.15, 0.2) is 17.1 Å². The Morgan fingerprint density at radius 2 is 2.00 bits per heavy atom. The van der Waals surface area contributed by atoms with Crippen molar-refractivity contribution >= 4 is 12.0 Å². The van der Waals surface area contributed by atoms with Crippen molar-refractivity contribution in [2.75, 3.05) is 41.5 Å². The summed E-state index contributed by atoms with van der Waals surface area (Å²) in [6.45, 7) is 0.870. The minimum absolute atomic E-state index is 0.398. The van der Waals surface area contributed by atoms with Gasteiger partial charge in [0, 0.05) is 33.3 Å². The van der Waals surface area contributed by atoms with Crippen LogP contribution in [0.3, 0.4) is 0 Å². The maximum Gasteiger partial charge on any atom is 0.163 e. The molecule has 0 spiro atoms. The summed E-state index contributed by atoms with van der Waals surface area (Å²) in [5.74, 6) is 1.04. The van der Waals surface area contributed by atoms with Crippen molar-refractivity contribution in [3.8, 4) is 17.6 Å². The molecular formula is C14H19N3O3. The Morgan fingerprint density at radius 1 is 1.25 bits per heavy atom. The molecule has 0 atom stereocenters. The van der Waals surface area contributed by atoms with E-state index in [0.717, 1.165) is 0 Å². The van der Waals surface area contributed by atoms with Crippen LogP contribution in [0, 0.1) is 11.3 Å². The first-order valence-electron chi connectivity index (χ1n) is 6.06. The van der Waals surface area contributed by atoms with Crippen LogP contribution in [0.5, 0.6) is 11.5 Å². The molecule has 0 aliphatic carbocycles. The summed E-state index contributed by atoms with van der Waals surface area (Å²) in [5.41, 5.74) is 0.966. The molecule has 6 heteroatoms. The molecule has 6 nitrogen and oxygen atoms in total. The Labute approximate surface area is 119 Å². The van der Waals surface area contributed by atoms with Crippen LogP contribution in [0.1, 0.15) is 5.56 Å². The van der Waals surface area contributed by atoms with Crippen LogP contribution in [0.25, 0.3) is 0 Å². The van der Waals surface area contributed by atoms with Crippen molar-refractivity contribution in [3.05, 3.63) is 17.7 Å². The number of aliphatic imine (C=N–C) groups is 1. The van der Waals surface area contributed by atoms with E-state index in [1.54, 1.807) is 30.5 Å². The fraction of sp³-hybridized carbons (Fsp3) is 0.429. The van der Waals surface area contributed by atoms with Gasteiger partial charge < -0.3 is 19.1 Å². The molecule has 0 bridgehead atoms. The summed E-state index contributed by atoms with van der Waals surface area (Å²) in [4.78, 5) is 6.04. The van der Waals surface area contributed by atoms with Crippen LogP contribution in [0.2, 0.25) is 0 Å². The minimum Gasteiger partial charge on any atom is -0.493 e. The van der Waals surface area contributed by atoms with Gasteiger partial charge in [0.2, 0.25) is 0 Å². The number of hydrogen-bond acceptors (Lipinski definition) is 5. The van der Waals surface area contributed by atoms with Crippen molar-refractivity contribution in [1.82, 2.24) is 4.90 Å². The maximum absolute atomic E-state index is 9.15. The Morgan fingerprint density at radius 3 is 2.55 bits per heavy atom. The third kappa shape index (κ3) is 4.44. The summed E-state index contributed by atoms with van der Waals surface area (Å²) in [5, 5.41) is 9.15. The largest absolute Gasteiger partial charge is 0.493 e. The molecule has 108 valence electrons. The van der Waals surface area contributed by atoms with Gasteiger partial charge in [0.25, 0.3) is 0 Å². The molecule has 0 N–H and O–H groups in total. The Kier molecular flexibility index (Phi) is 6.33. The molecule has 0 saturated carbocycles. The van der Waals surface area contributed by atoms with Crippen molar-refractivity contribution in [1.29, 1.82) is 5.26 Å². The minimum atomic E-state index is 0.398. The lowest BCUT2D eigenvalue weighted by molar-refractivity contribution is 0.144. The van der Waals surface area contributed by atoms with Gasteiger partial charge in [0.15, 0.2) is 11.5 Å². The first kappa shape index (κ1) is 15.8. The van der Waals surface area contributed by atoms with Gasteiger partial charge in [-0.15, -0.1) is 0 Å². The molecule has 1 aromatic carbocycles. The van der Waals surface area contributed by atoms with Crippen molar-refractivity contribution < 1.29 is 14.2 Å². The molecule has 0 heterocycles. The number of hydrogen-bond donors (Lipinski definition) is 0. The molecule has 0 aromatic heterocycles. The van der Waals surface area contributed by atoms with Crippen molar-refractivity contribution in [2.24, 2.45) is 4.99 Å². The van der Waals surface area contributed by atoms with E-state index in [4.69, 9.17) is 19.5 Å². The van der Waals surface area contributed by atoms with E-state index in [-0.39, 0.29) is 0 Å². The standard InChI is InChI=1S/C14H19N3O3/c1-17(2)10-16-12-8-14(20-6-5-18-3)13(19-4)7-11(12)9-15/h7-8,10H,5-6H2,1-4H3. The summed E-state index contributed by atoms with van der Waals surface area (Å²) < 4.78 is 15.7. The second kappa shape index (κ2) is 8.02. The number of benzene rings is 1. The summed E-state index contributed by atoms with van der Waals surface area (Å²) in [6, 6.07) is 5.40. The van der Waals surface area contributed by atoms with E-state index in [0.29, 0.717) is 36.0 Å². The van der Waals surface area contributed by atoms with Gasteiger partial charge in [0.1, 0.15) is 12.7 Å². The lowest BCUT2D eigenvalue weighted by Gasteiger charge is -2.12. The monoisotopic (exact) mass is 277 g/mol. The van der Waals surface area contributed by atoms with E-state index in [1.807, 2.05) is 14.1 Å². The van der Waals surface area contributed by atoms with Gasteiger partial charge >= 0.3 is 0 Å². The van der Waals surface area contributed by atoms with E-state index < -0.39 is 0 Å². The second-order valence-corrected chi connectivity index (χ2v) is 4.18. The lowest BCUT2D eigenvalue weighted by atomic mass is 10.1. The zero-order valence-corrected chi connectivity index (χ0v) is 12.2. The third-order valence-corrected chi connectivity index (χ3v) is 2.38. The fourth-order valence-corrected chi connectivity index (χ4v) is 1.43. The van der Waals surface area contributed by atoms with Crippen molar-refractivity contribution in [2.45, 2.75) is 0 Å². The van der Waals surface area contributed by atoms with Gasteiger partial charge in [0.05, 0.1) is 31.3 Å². The van der Waals surface area contributed by atoms with E-state index >= 15 is 0 Å². The molecule has 1 rings (SSSR count). The fourth-order valence-electron chi connectivity index (χ4n) is 1.43. The van der Waals surface area contributed by atoms with Gasteiger partial charge in [-0.2, -0.15) is 5.26 Å². The second-order valence-electron chi connectivity index (χ2n) is 4.18.